The van der Waals surface area contributed by atoms with Gasteiger partial charge < -0.3 is 5.32 Å². The van der Waals surface area contributed by atoms with Crippen molar-refractivity contribution in [3.8, 4) is 10.6 Å². The summed E-state index contributed by atoms with van der Waals surface area (Å²) in [5.74, 6) is -0.291. The molecule has 132 valence electrons. The molecule has 2 heterocycles. The van der Waals surface area contributed by atoms with Gasteiger partial charge in [0.2, 0.25) is 0 Å². The fraction of sp³-hybridized carbons (Fsp3) is 0. The highest BCUT2D eigenvalue weighted by Crippen LogP contribution is 2.28. The van der Waals surface area contributed by atoms with Crippen LogP contribution in [0.15, 0.2) is 72.1 Å². The van der Waals surface area contributed by atoms with Crippen molar-refractivity contribution in [2.75, 3.05) is 5.32 Å². The molecule has 0 fully saturated rings. The van der Waals surface area contributed by atoms with E-state index in [1.54, 1.807) is 17.4 Å². The van der Waals surface area contributed by atoms with Gasteiger partial charge in [-0.25, -0.2) is 4.98 Å². The van der Waals surface area contributed by atoms with Crippen molar-refractivity contribution in [3.05, 3.63) is 87.8 Å². The number of nitrogens with zero attached hydrogens (tertiary/aromatic N) is 2. The van der Waals surface area contributed by atoms with Crippen LogP contribution in [0.4, 0.5) is 11.4 Å². The van der Waals surface area contributed by atoms with Crippen molar-refractivity contribution < 1.29 is 9.72 Å². The summed E-state index contributed by atoms with van der Waals surface area (Å²) in [6.07, 6.45) is 0. The highest BCUT2D eigenvalue weighted by Gasteiger charge is 2.15. The van der Waals surface area contributed by atoms with Crippen molar-refractivity contribution in [3.63, 3.8) is 0 Å². The third kappa shape index (κ3) is 3.40. The van der Waals surface area contributed by atoms with Gasteiger partial charge in [0.25, 0.3) is 11.6 Å². The standard InChI is InChI=1S/C20H13N3O3S/c24-20(21-13-7-9-14(10-8-13)23(25)26)16-12-18(19-6-3-11-27-19)22-17-5-2-1-4-15(16)17/h1-12H,(H,21,24). The van der Waals surface area contributed by atoms with Crippen molar-refractivity contribution in [1.29, 1.82) is 0 Å². The quantitative estimate of drug-likeness (QED) is 0.396. The monoisotopic (exact) mass is 375 g/mol. The predicted molar refractivity (Wildman–Crippen MR) is 106 cm³/mol. The molecule has 0 radical (unpaired) electrons. The summed E-state index contributed by atoms with van der Waals surface area (Å²) in [5, 5.41) is 16.3. The number of nitrogens with one attached hydrogen (secondary N) is 1. The maximum absolute atomic E-state index is 12.9. The zero-order valence-electron chi connectivity index (χ0n) is 14.0. The summed E-state index contributed by atoms with van der Waals surface area (Å²) >= 11 is 1.56. The van der Waals surface area contributed by atoms with Gasteiger partial charge >= 0.3 is 0 Å². The molecule has 0 aliphatic heterocycles. The number of fused-ring (bicyclic) bond motifs is 1. The van der Waals surface area contributed by atoms with Crippen molar-refractivity contribution >= 4 is 39.5 Å². The zero-order chi connectivity index (χ0) is 18.8. The summed E-state index contributed by atoms with van der Waals surface area (Å²) in [5.41, 5.74) is 2.43. The van der Waals surface area contributed by atoms with E-state index in [4.69, 9.17) is 0 Å². The van der Waals surface area contributed by atoms with E-state index in [1.165, 1.54) is 24.3 Å². The molecule has 2 aromatic heterocycles. The number of non-ortho nitro benzene ring substituents is 1. The number of benzene rings is 2. The lowest BCUT2D eigenvalue weighted by Gasteiger charge is -2.10. The fourth-order valence-corrected chi connectivity index (χ4v) is 3.46. The van der Waals surface area contributed by atoms with Gasteiger partial charge in [0.05, 0.1) is 26.6 Å². The fourth-order valence-electron chi connectivity index (χ4n) is 2.78. The Morgan fingerprint density at radius 3 is 2.52 bits per heavy atom. The molecule has 0 aliphatic carbocycles. The average Bonchev–Trinajstić information content (AvgIpc) is 3.22. The first-order valence-electron chi connectivity index (χ1n) is 8.11. The van der Waals surface area contributed by atoms with Crippen LogP contribution in [0.3, 0.4) is 0 Å². The van der Waals surface area contributed by atoms with Gasteiger partial charge in [-0.05, 0) is 35.7 Å². The van der Waals surface area contributed by atoms with E-state index in [-0.39, 0.29) is 11.6 Å². The Balaban J connectivity index is 1.73. The van der Waals surface area contributed by atoms with Crippen LogP contribution in [-0.4, -0.2) is 15.8 Å². The highest BCUT2D eigenvalue weighted by atomic mass is 32.1. The van der Waals surface area contributed by atoms with Crippen molar-refractivity contribution in [1.82, 2.24) is 4.98 Å². The lowest BCUT2D eigenvalue weighted by molar-refractivity contribution is -0.384. The molecule has 0 aliphatic rings. The van der Waals surface area contributed by atoms with Crippen LogP contribution in [0, 0.1) is 10.1 Å². The minimum Gasteiger partial charge on any atom is -0.322 e. The third-order valence-corrected chi connectivity index (χ3v) is 4.96. The van der Waals surface area contributed by atoms with Gasteiger partial charge in [-0.1, -0.05) is 24.3 Å². The zero-order valence-corrected chi connectivity index (χ0v) is 14.8. The minimum atomic E-state index is -0.477. The van der Waals surface area contributed by atoms with Gasteiger partial charge in [-0.3, -0.25) is 14.9 Å². The average molecular weight is 375 g/mol. The summed E-state index contributed by atoms with van der Waals surface area (Å²) in [4.78, 5) is 28.8. The van der Waals surface area contributed by atoms with Crippen LogP contribution >= 0.6 is 11.3 Å². The van der Waals surface area contributed by atoms with Gasteiger partial charge in [-0.2, -0.15) is 0 Å². The lowest BCUT2D eigenvalue weighted by atomic mass is 10.1. The molecule has 0 spiro atoms. The first kappa shape index (κ1) is 16.9. The maximum atomic E-state index is 12.9. The van der Waals surface area contributed by atoms with E-state index in [0.29, 0.717) is 11.3 Å². The normalized spacial score (nSPS) is 10.7. The van der Waals surface area contributed by atoms with E-state index >= 15 is 0 Å². The van der Waals surface area contributed by atoms with Gasteiger partial charge in [0, 0.05) is 23.2 Å². The summed E-state index contributed by atoms with van der Waals surface area (Å²) in [6.45, 7) is 0. The molecule has 1 amide bonds. The molecule has 7 heteroatoms. The second kappa shape index (κ2) is 6.97. The molecule has 0 saturated heterocycles. The first-order chi connectivity index (χ1) is 13.1. The number of nitro benzene ring substituents is 1. The Labute approximate surface area is 158 Å². The smallest absolute Gasteiger partial charge is 0.269 e. The number of amides is 1. The van der Waals surface area contributed by atoms with E-state index in [0.717, 1.165) is 21.5 Å². The van der Waals surface area contributed by atoms with Gasteiger partial charge in [0.15, 0.2) is 0 Å². The Morgan fingerprint density at radius 2 is 1.81 bits per heavy atom. The number of nitro groups is 1. The number of anilines is 1. The molecule has 6 nitrogen and oxygen atoms in total. The Kier molecular flexibility index (Phi) is 4.35. The number of aromatic nitrogens is 1. The minimum absolute atomic E-state index is 0.0256. The Bertz CT molecular complexity index is 1140. The van der Waals surface area contributed by atoms with Crippen LogP contribution in [0.1, 0.15) is 10.4 Å². The van der Waals surface area contributed by atoms with Crippen LogP contribution in [0.5, 0.6) is 0 Å². The van der Waals surface area contributed by atoms with Crippen molar-refractivity contribution in [2.45, 2.75) is 0 Å². The molecular formula is C20H13N3O3S. The van der Waals surface area contributed by atoms with Crippen LogP contribution < -0.4 is 5.32 Å². The van der Waals surface area contributed by atoms with E-state index in [9.17, 15) is 14.9 Å². The molecule has 27 heavy (non-hydrogen) atoms. The molecule has 4 aromatic rings. The van der Waals surface area contributed by atoms with Gasteiger partial charge in [-0.15, -0.1) is 11.3 Å². The summed E-state index contributed by atoms with van der Waals surface area (Å²) < 4.78 is 0. The molecule has 4 rings (SSSR count). The number of hydrogen-bond acceptors (Lipinski definition) is 5. The van der Waals surface area contributed by atoms with Gasteiger partial charge in [0.1, 0.15) is 0 Å². The predicted octanol–water partition coefficient (Wildman–Crippen LogP) is 5.12. The van der Waals surface area contributed by atoms with Crippen LogP contribution in [0.25, 0.3) is 21.5 Å². The lowest BCUT2D eigenvalue weighted by Crippen LogP contribution is -2.13. The molecule has 2 aromatic carbocycles. The summed E-state index contributed by atoms with van der Waals surface area (Å²) in [7, 11) is 0. The molecule has 0 atom stereocenters. The Hall–Kier alpha value is -3.58. The number of hydrogen-bond donors (Lipinski definition) is 1. The number of thiophene rings is 1. The number of para-hydroxylation sites is 1. The first-order valence-corrected chi connectivity index (χ1v) is 8.99. The second-order valence-electron chi connectivity index (χ2n) is 5.81. The summed E-state index contributed by atoms with van der Waals surface area (Å²) in [6, 6.07) is 18.9. The SMILES string of the molecule is O=C(Nc1ccc([N+](=O)[O-])cc1)c1cc(-c2cccs2)nc2ccccc12. The third-order valence-electron chi connectivity index (χ3n) is 4.07. The van der Waals surface area contributed by atoms with E-state index < -0.39 is 4.92 Å². The second-order valence-corrected chi connectivity index (χ2v) is 6.76. The highest BCUT2D eigenvalue weighted by molar-refractivity contribution is 7.13. The molecule has 0 saturated carbocycles. The molecule has 1 N–H and O–H groups in total. The van der Waals surface area contributed by atoms with Crippen molar-refractivity contribution in [2.24, 2.45) is 0 Å². The molecule has 0 unspecified atom stereocenters. The molecule has 0 bridgehead atoms. The molecular weight excluding hydrogens is 362 g/mol. The number of rotatable bonds is 4. The topological polar surface area (TPSA) is 85.1 Å². The number of pyridine rings is 1. The van der Waals surface area contributed by atoms with Crippen LogP contribution in [-0.2, 0) is 0 Å². The number of carbonyl (C=O) groups is 1. The maximum Gasteiger partial charge on any atom is 0.269 e. The van der Waals surface area contributed by atoms with E-state index in [2.05, 4.69) is 10.3 Å². The largest absolute Gasteiger partial charge is 0.322 e. The van der Waals surface area contributed by atoms with E-state index in [1.807, 2.05) is 41.8 Å². The Morgan fingerprint density at radius 1 is 1.04 bits per heavy atom. The number of carbonyl (C=O) groups excluding carboxylic acids is 1. The van der Waals surface area contributed by atoms with Crippen LogP contribution in [0.2, 0.25) is 0 Å².